The largest absolute Gasteiger partial charge is 0.457 e. The molecule has 2 aromatic rings. The van der Waals surface area contributed by atoms with E-state index in [4.69, 9.17) is 4.74 Å². The van der Waals surface area contributed by atoms with E-state index in [9.17, 15) is 4.39 Å². The van der Waals surface area contributed by atoms with Gasteiger partial charge in [0.25, 0.3) is 0 Å². The second-order valence-corrected chi connectivity index (χ2v) is 6.27. The Bertz CT molecular complexity index is 605. The Morgan fingerprint density at radius 3 is 2.33 bits per heavy atom. The van der Waals surface area contributed by atoms with Gasteiger partial charge in [-0.15, -0.1) is 0 Å². The molecule has 0 aliphatic carbocycles. The monoisotopic (exact) mass is 350 g/mol. The third-order valence-corrected chi connectivity index (χ3v) is 4.52. The third kappa shape index (κ3) is 3.65. The van der Waals surface area contributed by atoms with Crippen molar-refractivity contribution in [3.8, 4) is 11.5 Å². The predicted molar refractivity (Wildman–Crippen MR) is 88.9 cm³/mol. The third-order valence-electron chi connectivity index (χ3n) is 3.96. The Hall–Kier alpha value is -1.35. The van der Waals surface area contributed by atoms with Crippen molar-refractivity contribution >= 4 is 15.9 Å². The number of hydrogen-bond acceptors (Lipinski definition) is 1. The molecule has 0 atom stereocenters. The molecule has 0 saturated heterocycles. The molecule has 0 amide bonds. The summed E-state index contributed by atoms with van der Waals surface area (Å²) in [6, 6.07) is 12.9. The molecule has 0 spiro atoms. The van der Waals surface area contributed by atoms with E-state index in [1.54, 1.807) is 12.1 Å². The molecule has 2 aromatic carbocycles. The summed E-state index contributed by atoms with van der Waals surface area (Å²) in [5.74, 6) is 1.01. The molecular formula is C18H20BrFO. The van der Waals surface area contributed by atoms with Gasteiger partial charge in [0.1, 0.15) is 17.3 Å². The highest BCUT2D eigenvalue weighted by Crippen LogP contribution is 2.31. The molecular weight excluding hydrogens is 331 g/mol. The first-order valence-corrected chi connectivity index (χ1v) is 8.22. The van der Waals surface area contributed by atoms with Crippen molar-refractivity contribution in [2.75, 3.05) is 0 Å². The van der Waals surface area contributed by atoms with Crippen LogP contribution in [-0.4, -0.2) is 0 Å². The van der Waals surface area contributed by atoms with Gasteiger partial charge < -0.3 is 4.74 Å². The minimum Gasteiger partial charge on any atom is -0.457 e. The van der Waals surface area contributed by atoms with Crippen LogP contribution in [-0.2, 0) is 10.7 Å². The van der Waals surface area contributed by atoms with Crippen LogP contribution in [0.15, 0.2) is 42.5 Å². The summed E-state index contributed by atoms with van der Waals surface area (Å²) in [5, 5.41) is 0.427. The fourth-order valence-electron chi connectivity index (χ4n) is 2.07. The zero-order valence-electron chi connectivity index (χ0n) is 12.6. The minimum atomic E-state index is -0.256. The normalized spacial score (nSPS) is 11.5. The number of hydrogen-bond donors (Lipinski definition) is 0. The standard InChI is InChI=1S/C18H20BrFO/c1-4-18(2,3)13-8-10-14(11-9-13)21-17-7-5-6-16(20)15(17)12-19/h5-11H,4,12H2,1-3H3. The lowest BCUT2D eigenvalue weighted by molar-refractivity contribution is 0.468. The summed E-state index contributed by atoms with van der Waals surface area (Å²) in [4.78, 5) is 0. The SMILES string of the molecule is CCC(C)(C)c1ccc(Oc2cccc(F)c2CBr)cc1. The maximum absolute atomic E-state index is 13.7. The first-order valence-electron chi connectivity index (χ1n) is 7.09. The van der Waals surface area contributed by atoms with Gasteiger partial charge in [0.2, 0.25) is 0 Å². The molecule has 0 bridgehead atoms. The number of alkyl halides is 1. The van der Waals surface area contributed by atoms with E-state index in [0.29, 0.717) is 16.6 Å². The maximum atomic E-state index is 13.7. The Labute approximate surface area is 134 Å². The number of ether oxygens (including phenoxy) is 1. The lowest BCUT2D eigenvalue weighted by Crippen LogP contribution is -2.14. The van der Waals surface area contributed by atoms with Gasteiger partial charge in [0.05, 0.1) is 0 Å². The molecule has 2 rings (SSSR count). The van der Waals surface area contributed by atoms with E-state index in [1.807, 2.05) is 12.1 Å². The second-order valence-electron chi connectivity index (χ2n) is 5.71. The Morgan fingerprint density at radius 1 is 1.10 bits per heavy atom. The summed E-state index contributed by atoms with van der Waals surface area (Å²) in [6.45, 7) is 6.62. The quantitative estimate of drug-likeness (QED) is 0.583. The Balaban J connectivity index is 2.24. The van der Waals surface area contributed by atoms with Gasteiger partial charge in [-0.1, -0.05) is 54.9 Å². The average Bonchev–Trinajstić information content (AvgIpc) is 2.48. The van der Waals surface area contributed by atoms with E-state index in [1.165, 1.54) is 11.6 Å². The minimum absolute atomic E-state index is 0.151. The molecule has 3 heteroatoms. The van der Waals surface area contributed by atoms with Crippen molar-refractivity contribution in [1.29, 1.82) is 0 Å². The fraction of sp³-hybridized carbons (Fsp3) is 0.333. The van der Waals surface area contributed by atoms with Crippen molar-refractivity contribution in [2.24, 2.45) is 0 Å². The molecule has 0 radical (unpaired) electrons. The topological polar surface area (TPSA) is 9.23 Å². The van der Waals surface area contributed by atoms with Crippen molar-refractivity contribution in [3.05, 3.63) is 59.4 Å². The van der Waals surface area contributed by atoms with Crippen molar-refractivity contribution < 1.29 is 9.13 Å². The van der Waals surface area contributed by atoms with Gasteiger partial charge in [-0.25, -0.2) is 4.39 Å². The van der Waals surface area contributed by atoms with Crippen LogP contribution < -0.4 is 4.74 Å². The highest BCUT2D eigenvalue weighted by Gasteiger charge is 2.17. The molecule has 0 N–H and O–H groups in total. The highest BCUT2D eigenvalue weighted by atomic mass is 79.9. The van der Waals surface area contributed by atoms with Gasteiger partial charge in [0, 0.05) is 10.9 Å². The van der Waals surface area contributed by atoms with Gasteiger partial charge >= 0.3 is 0 Å². The van der Waals surface area contributed by atoms with Crippen LogP contribution in [0.1, 0.15) is 38.3 Å². The zero-order chi connectivity index (χ0) is 15.5. The van der Waals surface area contributed by atoms with Crippen molar-refractivity contribution in [1.82, 2.24) is 0 Å². The predicted octanol–water partition coefficient (Wildman–Crippen LogP) is 6.20. The first-order chi connectivity index (χ1) is 9.97. The summed E-state index contributed by atoms with van der Waals surface area (Å²) in [5.41, 5.74) is 1.96. The lowest BCUT2D eigenvalue weighted by atomic mass is 9.82. The maximum Gasteiger partial charge on any atom is 0.134 e. The molecule has 0 aromatic heterocycles. The van der Waals surface area contributed by atoms with E-state index >= 15 is 0 Å². The number of benzene rings is 2. The van der Waals surface area contributed by atoms with Gasteiger partial charge in [-0.2, -0.15) is 0 Å². The van der Waals surface area contributed by atoms with Crippen LogP contribution in [0, 0.1) is 5.82 Å². The second kappa shape index (κ2) is 6.61. The molecule has 0 unspecified atom stereocenters. The summed E-state index contributed by atoms with van der Waals surface area (Å²) in [7, 11) is 0. The first kappa shape index (κ1) is 16.0. The molecule has 0 fully saturated rings. The van der Waals surface area contributed by atoms with E-state index in [-0.39, 0.29) is 11.2 Å². The van der Waals surface area contributed by atoms with Crippen LogP contribution in [0.3, 0.4) is 0 Å². The van der Waals surface area contributed by atoms with Crippen LogP contribution in [0.2, 0.25) is 0 Å². The Morgan fingerprint density at radius 2 is 1.76 bits per heavy atom. The van der Waals surface area contributed by atoms with Crippen LogP contribution in [0.5, 0.6) is 11.5 Å². The number of rotatable bonds is 5. The van der Waals surface area contributed by atoms with Crippen molar-refractivity contribution in [3.63, 3.8) is 0 Å². The van der Waals surface area contributed by atoms with Crippen LogP contribution in [0.4, 0.5) is 4.39 Å². The van der Waals surface area contributed by atoms with Gasteiger partial charge in [0.15, 0.2) is 0 Å². The summed E-state index contributed by atoms with van der Waals surface area (Å²) < 4.78 is 19.5. The highest BCUT2D eigenvalue weighted by molar-refractivity contribution is 9.08. The molecule has 0 aliphatic rings. The molecule has 1 nitrogen and oxygen atoms in total. The molecule has 0 aliphatic heterocycles. The molecule has 0 saturated carbocycles. The smallest absolute Gasteiger partial charge is 0.134 e. The van der Waals surface area contributed by atoms with Gasteiger partial charge in [-0.3, -0.25) is 0 Å². The van der Waals surface area contributed by atoms with E-state index in [2.05, 4.69) is 48.8 Å². The number of halogens is 2. The van der Waals surface area contributed by atoms with Gasteiger partial charge in [-0.05, 0) is 41.7 Å². The summed E-state index contributed by atoms with van der Waals surface area (Å²) >= 11 is 3.30. The zero-order valence-corrected chi connectivity index (χ0v) is 14.2. The van der Waals surface area contributed by atoms with E-state index < -0.39 is 0 Å². The molecule has 0 heterocycles. The lowest BCUT2D eigenvalue weighted by Gasteiger charge is -2.23. The summed E-state index contributed by atoms with van der Waals surface area (Å²) in [6.07, 6.45) is 1.07. The average molecular weight is 351 g/mol. The van der Waals surface area contributed by atoms with Crippen LogP contribution in [0.25, 0.3) is 0 Å². The van der Waals surface area contributed by atoms with Crippen LogP contribution >= 0.6 is 15.9 Å². The molecule has 112 valence electrons. The molecule has 21 heavy (non-hydrogen) atoms. The fourth-order valence-corrected chi connectivity index (χ4v) is 2.61. The Kier molecular flexibility index (Phi) is 5.04. The van der Waals surface area contributed by atoms with E-state index in [0.717, 1.165) is 12.2 Å². The van der Waals surface area contributed by atoms with Crippen molar-refractivity contribution in [2.45, 2.75) is 37.9 Å².